The van der Waals surface area contributed by atoms with Gasteiger partial charge in [-0.3, -0.25) is 10.2 Å². The molecule has 0 spiro atoms. The molecular formula is C13H14ClN3O3S. The number of nitrogens with zero attached hydrogens (tertiary/aromatic N) is 1. The molecule has 0 aliphatic carbocycles. The van der Waals surface area contributed by atoms with Gasteiger partial charge in [-0.25, -0.2) is 8.42 Å². The van der Waals surface area contributed by atoms with Crippen LogP contribution in [0.4, 0.5) is 0 Å². The van der Waals surface area contributed by atoms with Crippen molar-refractivity contribution >= 4 is 27.5 Å². The van der Waals surface area contributed by atoms with E-state index in [1.807, 2.05) is 4.83 Å². The number of amides is 1. The predicted molar refractivity (Wildman–Crippen MR) is 79.4 cm³/mol. The fraction of sp³-hybridized carbons (Fsp3) is 0.154. The Labute approximate surface area is 127 Å². The van der Waals surface area contributed by atoms with Crippen LogP contribution in [0, 0.1) is 6.92 Å². The topological polar surface area (TPSA) is 80.2 Å². The van der Waals surface area contributed by atoms with E-state index in [0.29, 0.717) is 10.7 Å². The third-order valence-corrected chi connectivity index (χ3v) is 4.58. The van der Waals surface area contributed by atoms with E-state index < -0.39 is 15.9 Å². The molecule has 6 nitrogen and oxygen atoms in total. The second kappa shape index (κ2) is 5.88. The van der Waals surface area contributed by atoms with Crippen LogP contribution in [0.5, 0.6) is 0 Å². The quantitative estimate of drug-likeness (QED) is 0.837. The molecule has 2 N–H and O–H groups in total. The van der Waals surface area contributed by atoms with Gasteiger partial charge in [-0.05, 0) is 36.8 Å². The lowest BCUT2D eigenvalue weighted by Gasteiger charge is -2.09. The van der Waals surface area contributed by atoms with E-state index in [-0.39, 0.29) is 4.90 Å². The Morgan fingerprint density at radius 3 is 2.57 bits per heavy atom. The SMILES string of the molecule is Cc1ccc(S(=O)(=O)NNC(=O)c2cccn2C)cc1Cl. The first kappa shape index (κ1) is 15.6. The molecular weight excluding hydrogens is 314 g/mol. The largest absolute Gasteiger partial charge is 0.347 e. The lowest BCUT2D eigenvalue weighted by Crippen LogP contribution is -2.42. The van der Waals surface area contributed by atoms with Gasteiger partial charge >= 0.3 is 0 Å². The van der Waals surface area contributed by atoms with Crippen molar-refractivity contribution in [3.63, 3.8) is 0 Å². The minimum atomic E-state index is -3.87. The second-order valence-electron chi connectivity index (χ2n) is 4.47. The molecule has 0 fully saturated rings. The van der Waals surface area contributed by atoms with Crippen molar-refractivity contribution in [2.45, 2.75) is 11.8 Å². The van der Waals surface area contributed by atoms with Gasteiger partial charge in [0.2, 0.25) is 0 Å². The summed E-state index contributed by atoms with van der Waals surface area (Å²) in [5, 5.41) is 0.339. The van der Waals surface area contributed by atoms with Crippen LogP contribution in [0.1, 0.15) is 16.1 Å². The van der Waals surface area contributed by atoms with Gasteiger partial charge < -0.3 is 4.57 Å². The molecule has 2 rings (SSSR count). The van der Waals surface area contributed by atoms with Crippen molar-refractivity contribution in [3.05, 3.63) is 52.8 Å². The maximum Gasteiger partial charge on any atom is 0.282 e. The minimum Gasteiger partial charge on any atom is -0.347 e. The van der Waals surface area contributed by atoms with Crippen LogP contribution in [-0.2, 0) is 17.1 Å². The number of aryl methyl sites for hydroxylation is 2. The van der Waals surface area contributed by atoms with E-state index in [4.69, 9.17) is 11.6 Å². The molecule has 112 valence electrons. The zero-order chi connectivity index (χ0) is 15.6. The number of hydrogen-bond donors (Lipinski definition) is 2. The molecule has 0 aliphatic rings. The Hall–Kier alpha value is -1.83. The van der Waals surface area contributed by atoms with Crippen LogP contribution in [0.2, 0.25) is 5.02 Å². The van der Waals surface area contributed by atoms with Crippen molar-refractivity contribution in [2.75, 3.05) is 0 Å². The molecule has 1 amide bonds. The fourth-order valence-corrected chi connectivity index (χ4v) is 2.78. The average Bonchev–Trinajstić information content (AvgIpc) is 2.85. The van der Waals surface area contributed by atoms with Gasteiger partial charge in [-0.1, -0.05) is 17.7 Å². The van der Waals surface area contributed by atoms with Crippen molar-refractivity contribution in [1.82, 2.24) is 14.8 Å². The monoisotopic (exact) mass is 327 g/mol. The summed E-state index contributed by atoms with van der Waals surface area (Å²) in [4.78, 5) is 13.9. The van der Waals surface area contributed by atoms with E-state index >= 15 is 0 Å². The van der Waals surface area contributed by atoms with Gasteiger partial charge in [0, 0.05) is 18.3 Å². The number of benzene rings is 1. The molecule has 8 heteroatoms. The summed E-state index contributed by atoms with van der Waals surface area (Å²) in [5.74, 6) is -0.552. The number of rotatable bonds is 4. The molecule has 0 radical (unpaired) electrons. The molecule has 0 atom stereocenters. The summed E-state index contributed by atoms with van der Waals surface area (Å²) in [6, 6.07) is 7.59. The van der Waals surface area contributed by atoms with Gasteiger partial charge in [-0.2, -0.15) is 0 Å². The summed E-state index contributed by atoms with van der Waals surface area (Å²) in [6.07, 6.45) is 1.68. The van der Waals surface area contributed by atoms with Crippen molar-refractivity contribution < 1.29 is 13.2 Å². The average molecular weight is 328 g/mol. The number of nitrogens with one attached hydrogen (secondary N) is 2. The van der Waals surface area contributed by atoms with Crippen LogP contribution in [0.3, 0.4) is 0 Å². The zero-order valence-electron chi connectivity index (χ0n) is 11.4. The lowest BCUT2D eigenvalue weighted by molar-refractivity contribution is 0.0937. The highest BCUT2D eigenvalue weighted by Crippen LogP contribution is 2.19. The highest BCUT2D eigenvalue weighted by molar-refractivity contribution is 7.89. The van der Waals surface area contributed by atoms with Crippen molar-refractivity contribution in [3.8, 4) is 0 Å². The van der Waals surface area contributed by atoms with Crippen LogP contribution in [0.25, 0.3) is 0 Å². The molecule has 2 aromatic rings. The number of carbonyl (C=O) groups is 1. The minimum absolute atomic E-state index is 0.0229. The van der Waals surface area contributed by atoms with Gasteiger partial charge in [0.1, 0.15) is 5.69 Å². The highest BCUT2D eigenvalue weighted by Gasteiger charge is 2.17. The van der Waals surface area contributed by atoms with Crippen molar-refractivity contribution in [1.29, 1.82) is 0 Å². The summed E-state index contributed by atoms with van der Waals surface area (Å²) in [5.41, 5.74) is 3.26. The summed E-state index contributed by atoms with van der Waals surface area (Å²) < 4.78 is 25.7. The third-order valence-electron chi connectivity index (χ3n) is 2.93. The van der Waals surface area contributed by atoms with E-state index in [1.54, 1.807) is 42.9 Å². The Morgan fingerprint density at radius 2 is 2.00 bits per heavy atom. The number of halogens is 1. The third kappa shape index (κ3) is 3.44. The van der Waals surface area contributed by atoms with E-state index in [2.05, 4.69) is 5.43 Å². The lowest BCUT2D eigenvalue weighted by atomic mass is 10.2. The summed E-state index contributed by atoms with van der Waals surface area (Å²) >= 11 is 5.90. The summed E-state index contributed by atoms with van der Waals surface area (Å²) in [6.45, 7) is 1.77. The Balaban J connectivity index is 2.13. The first-order chi connectivity index (χ1) is 9.81. The van der Waals surface area contributed by atoms with Gasteiger partial charge in [-0.15, -0.1) is 4.83 Å². The molecule has 1 heterocycles. The standard InChI is InChI=1S/C13H14ClN3O3S/c1-9-5-6-10(8-11(9)14)21(19,20)16-15-13(18)12-4-3-7-17(12)2/h3-8,16H,1-2H3,(H,15,18). The Kier molecular flexibility index (Phi) is 4.36. The molecule has 0 unspecified atom stereocenters. The smallest absolute Gasteiger partial charge is 0.282 e. The first-order valence-electron chi connectivity index (χ1n) is 6.01. The maximum atomic E-state index is 12.1. The summed E-state index contributed by atoms with van der Waals surface area (Å²) in [7, 11) is -2.19. The number of aromatic nitrogens is 1. The van der Waals surface area contributed by atoms with Crippen LogP contribution >= 0.6 is 11.6 Å². The van der Waals surface area contributed by atoms with E-state index in [1.165, 1.54) is 12.1 Å². The van der Waals surface area contributed by atoms with Crippen LogP contribution in [0.15, 0.2) is 41.4 Å². The number of sulfonamides is 1. The van der Waals surface area contributed by atoms with Crippen LogP contribution < -0.4 is 10.3 Å². The number of hydrazine groups is 1. The van der Waals surface area contributed by atoms with Gasteiger partial charge in [0.05, 0.1) is 4.90 Å². The molecule has 0 bridgehead atoms. The molecule has 1 aromatic heterocycles. The number of carbonyl (C=O) groups excluding carboxylic acids is 1. The molecule has 0 aliphatic heterocycles. The maximum absolute atomic E-state index is 12.1. The zero-order valence-corrected chi connectivity index (χ0v) is 13.0. The predicted octanol–water partition coefficient (Wildman–Crippen LogP) is 1.61. The fourth-order valence-electron chi connectivity index (χ4n) is 1.67. The second-order valence-corrected chi connectivity index (χ2v) is 6.56. The molecule has 1 aromatic carbocycles. The first-order valence-corrected chi connectivity index (χ1v) is 7.87. The van der Waals surface area contributed by atoms with Crippen molar-refractivity contribution in [2.24, 2.45) is 7.05 Å². The van der Waals surface area contributed by atoms with E-state index in [0.717, 1.165) is 5.56 Å². The Bertz CT molecular complexity index is 784. The molecule has 21 heavy (non-hydrogen) atoms. The van der Waals surface area contributed by atoms with Gasteiger partial charge in [0.15, 0.2) is 0 Å². The number of hydrogen-bond acceptors (Lipinski definition) is 3. The Morgan fingerprint density at radius 1 is 1.29 bits per heavy atom. The normalized spacial score (nSPS) is 11.4. The highest BCUT2D eigenvalue weighted by atomic mass is 35.5. The molecule has 0 saturated carbocycles. The van der Waals surface area contributed by atoms with E-state index in [9.17, 15) is 13.2 Å². The van der Waals surface area contributed by atoms with Crippen LogP contribution in [-0.4, -0.2) is 18.9 Å². The molecule has 0 saturated heterocycles. The van der Waals surface area contributed by atoms with Gasteiger partial charge in [0.25, 0.3) is 15.9 Å².